The van der Waals surface area contributed by atoms with Gasteiger partial charge in [-0.3, -0.25) is 0 Å². The molecule has 0 fully saturated rings. The van der Waals surface area contributed by atoms with E-state index in [1.807, 2.05) is 24.3 Å². The molecular formula is C21H17FN2O2. The molecule has 5 heteroatoms. The number of aryl methyl sites for hydroxylation is 1. The molecule has 1 heterocycles. The van der Waals surface area contributed by atoms with Crippen LogP contribution >= 0.6 is 0 Å². The summed E-state index contributed by atoms with van der Waals surface area (Å²) in [5.74, 6) is -0.738. The number of halogens is 1. The topological polar surface area (TPSA) is 35.6 Å². The first-order valence-electron chi connectivity index (χ1n) is 8.15. The van der Waals surface area contributed by atoms with Gasteiger partial charge in [0.25, 0.3) is 0 Å². The number of carbonyl (C=O) groups excluding carboxylic acids is 1. The molecule has 0 aliphatic rings. The van der Waals surface area contributed by atoms with Gasteiger partial charge in [-0.15, -0.1) is 0 Å². The highest BCUT2D eigenvalue weighted by Crippen LogP contribution is 2.36. The maximum atomic E-state index is 13.1. The van der Waals surface area contributed by atoms with Crippen LogP contribution < -0.4 is 0 Å². The lowest BCUT2D eigenvalue weighted by atomic mass is 9.99. The average Bonchev–Trinajstić information content (AvgIpc) is 2.99. The first kappa shape index (κ1) is 17.4. The summed E-state index contributed by atoms with van der Waals surface area (Å²) in [6.45, 7) is 9.42. The highest BCUT2D eigenvalue weighted by Gasteiger charge is 2.22. The molecule has 0 atom stereocenters. The van der Waals surface area contributed by atoms with E-state index < -0.39 is 5.97 Å². The molecule has 1 aromatic heterocycles. The van der Waals surface area contributed by atoms with E-state index in [2.05, 4.69) is 4.85 Å². The Labute approximate surface area is 151 Å². The van der Waals surface area contributed by atoms with Crippen LogP contribution in [0, 0.1) is 12.4 Å². The molecule has 0 aliphatic heterocycles. The molecule has 0 spiro atoms. The number of ether oxygens (including phenoxy) is 1. The number of hydrogen-bond acceptors (Lipinski definition) is 2. The fourth-order valence-electron chi connectivity index (χ4n) is 2.90. The van der Waals surface area contributed by atoms with Crippen molar-refractivity contribution in [1.82, 2.24) is 4.57 Å². The van der Waals surface area contributed by atoms with Crippen LogP contribution in [-0.4, -0.2) is 17.1 Å². The van der Waals surface area contributed by atoms with Gasteiger partial charge in [0.05, 0.1) is 13.2 Å². The van der Waals surface area contributed by atoms with E-state index in [0.717, 1.165) is 16.7 Å². The SMILES string of the molecule is [C-]#[N+]c1cn(C)c(C(=O)OCC)c1-c1ccc(-c2ccc(F)cc2)cc1. The number of rotatable bonds is 4. The molecule has 26 heavy (non-hydrogen) atoms. The molecule has 0 N–H and O–H groups in total. The zero-order chi connectivity index (χ0) is 18.7. The lowest BCUT2D eigenvalue weighted by Gasteiger charge is -2.09. The van der Waals surface area contributed by atoms with Crippen LogP contribution in [0.3, 0.4) is 0 Å². The van der Waals surface area contributed by atoms with Gasteiger partial charge in [0.2, 0.25) is 5.69 Å². The van der Waals surface area contributed by atoms with Gasteiger partial charge in [0, 0.05) is 18.8 Å². The Balaban J connectivity index is 2.05. The van der Waals surface area contributed by atoms with Gasteiger partial charge in [0.15, 0.2) is 0 Å². The van der Waals surface area contributed by atoms with Crippen molar-refractivity contribution in [3.05, 3.63) is 77.7 Å². The van der Waals surface area contributed by atoms with Crippen molar-refractivity contribution in [2.75, 3.05) is 6.61 Å². The van der Waals surface area contributed by atoms with Gasteiger partial charge in [0.1, 0.15) is 11.5 Å². The van der Waals surface area contributed by atoms with Crippen molar-refractivity contribution in [3.63, 3.8) is 0 Å². The monoisotopic (exact) mass is 348 g/mol. The number of esters is 1. The van der Waals surface area contributed by atoms with Gasteiger partial charge in [-0.2, -0.15) is 0 Å². The molecule has 0 aliphatic carbocycles. The number of aromatic nitrogens is 1. The summed E-state index contributed by atoms with van der Waals surface area (Å²) in [6.07, 6.45) is 1.63. The Morgan fingerprint density at radius 1 is 1.08 bits per heavy atom. The second kappa shape index (κ2) is 7.24. The number of hydrogen-bond donors (Lipinski definition) is 0. The minimum atomic E-state index is -0.456. The van der Waals surface area contributed by atoms with Crippen molar-refractivity contribution in [1.29, 1.82) is 0 Å². The predicted molar refractivity (Wildman–Crippen MR) is 98.5 cm³/mol. The predicted octanol–water partition coefficient (Wildman–Crippen LogP) is 5.23. The second-order valence-electron chi connectivity index (χ2n) is 5.77. The summed E-state index contributed by atoms with van der Waals surface area (Å²) < 4.78 is 19.8. The van der Waals surface area contributed by atoms with E-state index >= 15 is 0 Å². The van der Waals surface area contributed by atoms with Crippen LogP contribution in [0.1, 0.15) is 17.4 Å². The summed E-state index contributed by atoms with van der Waals surface area (Å²) in [5, 5.41) is 0. The van der Waals surface area contributed by atoms with Crippen LogP contribution in [0.4, 0.5) is 10.1 Å². The maximum Gasteiger partial charge on any atom is 0.354 e. The molecule has 130 valence electrons. The van der Waals surface area contributed by atoms with Gasteiger partial charge in [-0.05, 0) is 35.7 Å². The molecule has 3 rings (SSSR count). The second-order valence-corrected chi connectivity index (χ2v) is 5.77. The highest BCUT2D eigenvalue weighted by molar-refractivity contribution is 6.00. The first-order chi connectivity index (χ1) is 12.5. The maximum absolute atomic E-state index is 13.1. The largest absolute Gasteiger partial charge is 0.461 e. The lowest BCUT2D eigenvalue weighted by Crippen LogP contribution is -2.10. The van der Waals surface area contributed by atoms with E-state index in [0.29, 0.717) is 16.9 Å². The molecule has 2 aromatic carbocycles. The van der Waals surface area contributed by atoms with Crippen LogP contribution in [0.2, 0.25) is 0 Å². The molecule has 3 aromatic rings. The summed E-state index contributed by atoms with van der Waals surface area (Å²) in [6, 6.07) is 13.7. The van der Waals surface area contributed by atoms with E-state index in [9.17, 15) is 9.18 Å². The van der Waals surface area contributed by atoms with Crippen molar-refractivity contribution in [2.45, 2.75) is 6.92 Å². The number of carbonyl (C=O) groups is 1. The Kier molecular flexibility index (Phi) is 4.85. The van der Waals surface area contributed by atoms with Crippen molar-refractivity contribution in [3.8, 4) is 22.3 Å². The summed E-state index contributed by atoms with van der Waals surface area (Å²) in [4.78, 5) is 15.9. The Morgan fingerprint density at radius 2 is 1.62 bits per heavy atom. The molecule has 0 unspecified atom stereocenters. The molecule has 4 nitrogen and oxygen atoms in total. The third-order valence-electron chi connectivity index (χ3n) is 4.10. The Bertz CT molecular complexity index is 981. The third kappa shape index (κ3) is 3.22. The van der Waals surface area contributed by atoms with E-state index in [1.165, 1.54) is 12.1 Å². The van der Waals surface area contributed by atoms with Crippen molar-refractivity contribution < 1.29 is 13.9 Å². The summed E-state index contributed by atoms with van der Waals surface area (Å²) >= 11 is 0. The Hall–Kier alpha value is -3.39. The summed E-state index contributed by atoms with van der Waals surface area (Å²) in [5.41, 5.74) is 3.88. The quantitative estimate of drug-likeness (QED) is 0.478. The Morgan fingerprint density at radius 3 is 2.15 bits per heavy atom. The molecule has 0 radical (unpaired) electrons. The first-order valence-corrected chi connectivity index (χ1v) is 8.15. The average molecular weight is 348 g/mol. The highest BCUT2D eigenvalue weighted by atomic mass is 19.1. The van der Waals surface area contributed by atoms with Crippen molar-refractivity contribution in [2.24, 2.45) is 7.05 Å². The van der Waals surface area contributed by atoms with Crippen LogP contribution in [0.5, 0.6) is 0 Å². The van der Waals surface area contributed by atoms with Gasteiger partial charge >= 0.3 is 5.97 Å². The minimum Gasteiger partial charge on any atom is -0.461 e. The number of nitrogens with zero attached hydrogens (tertiary/aromatic N) is 2. The molecule has 0 saturated carbocycles. The third-order valence-corrected chi connectivity index (χ3v) is 4.10. The minimum absolute atomic E-state index is 0.264. The zero-order valence-corrected chi connectivity index (χ0v) is 14.5. The normalized spacial score (nSPS) is 10.4. The lowest BCUT2D eigenvalue weighted by molar-refractivity contribution is 0.0516. The zero-order valence-electron chi connectivity index (χ0n) is 14.5. The van der Waals surface area contributed by atoms with Crippen LogP contribution in [0.25, 0.3) is 27.1 Å². The van der Waals surface area contributed by atoms with E-state index in [4.69, 9.17) is 11.3 Å². The molecule has 0 bridgehead atoms. The molecular weight excluding hydrogens is 331 g/mol. The van der Waals surface area contributed by atoms with Gasteiger partial charge in [-0.25, -0.2) is 14.0 Å². The van der Waals surface area contributed by atoms with Crippen molar-refractivity contribution >= 4 is 11.7 Å². The van der Waals surface area contributed by atoms with Gasteiger partial charge < -0.3 is 9.30 Å². The fourth-order valence-corrected chi connectivity index (χ4v) is 2.90. The van der Waals surface area contributed by atoms with Crippen LogP contribution in [0.15, 0.2) is 54.7 Å². The molecule has 0 amide bonds. The summed E-state index contributed by atoms with van der Waals surface area (Å²) in [7, 11) is 1.72. The fraction of sp³-hybridized carbons (Fsp3) is 0.143. The van der Waals surface area contributed by atoms with E-state index in [-0.39, 0.29) is 12.4 Å². The van der Waals surface area contributed by atoms with Crippen LogP contribution in [-0.2, 0) is 11.8 Å². The van der Waals surface area contributed by atoms with Gasteiger partial charge in [-0.1, -0.05) is 36.4 Å². The van der Waals surface area contributed by atoms with E-state index in [1.54, 1.807) is 36.9 Å². The number of benzene rings is 2. The molecule has 0 saturated heterocycles. The standard InChI is InChI=1S/C21H17FN2O2/c1-4-26-21(25)20-19(18(23-2)13-24(20)3)16-7-5-14(6-8-16)15-9-11-17(22)12-10-15/h5-13H,4H2,1,3H3. The smallest absolute Gasteiger partial charge is 0.354 e.